The Kier molecular flexibility index (Phi) is 14.6. The molecule has 3 aliphatic heterocycles. The summed E-state index contributed by atoms with van der Waals surface area (Å²) in [5, 5.41) is 2.50. The van der Waals surface area contributed by atoms with E-state index in [-0.39, 0.29) is 71.6 Å². The number of aromatic nitrogens is 2. The number of halogens is 6. The van der Waals surface area contributed by atoms with E-state index in [1.54, 1.807) is 27.7 Å². The van der Waals surface area contributed by atoms with Gasteiger partial charge in [-0.3, -0.25) is 14.4 Å². The Balaban J connectivity index is 1.35. The number of carbonyl (C=O) groups is 4. The number of alkyl carbamates (subject to hydrolysis) is 1. The zero-order chi connectivity index (χ0) is 45.8. The lowest BCUT2D eigenvalue weighted by Gasteiger charge is -2.30. The standard InChI is InChI=1S/C44H50F6N6O6/c1-23(2)30(20-35(57)61-7)40(58)55-21-25(5)17-33(55)32-19-29(37(51-32)43(45,46)47)15-13-27-9-11-28(12-10-27)14-16-31-38(44(48,49)50)54-39(52-31)34-18-26(6)22-56(34)41(59)36(24(3)4)53-42(60)62-8/h9-12,23-26,30,33-34,36H,17-22H2,1-8H3,(H,52,54)(H,53,60)/t25-,26-,30-,33-,34-,36-/m0/s1. The van der Waals surface area contributed by atoms with E-state index >= 15 is 0 Å². The fourth-order valence-electron chi connectivity index (χ4n) is 7.93. The lowest BCUT2D eigenvalue weighted by atomic mass is 9.90. The number of aliphatic imine (C=N–C) groups is 1. The van der Waals surface area contributed by atoms with Crippen molar-refractivity contribution in [3.8, 4) is 23.7 Å². The van der Waals surface area contributed by atoms with Gasteiger partial charge in [0.25, 0.3) is 0 Å². The molecule has 6 atom stereocenters. The first-order chi connectivity index (χ1) is 29.0. The highest BCUT2D eigenvalue weighted by Crippen LogP contribution is 2.40. The van der Waals surface area contributed by atoms with Crippen molar-refractivity contribution in [2.75, 3.05) is 27.3 Å². The normalized spacial score (nSPS) is 21.3. The van der Waals surface area contributed by atoms with Crippen LogP contribution in [-0.2, 0) is 30.0 Å². The second-order valence-electron chi connectivity index (χ2n) is 16.7. The Bertz CT molecular complexity index is 2220. The van der Waals surface area contributed by atoms with E-state index in [0.717, 1.165) is 7.11 Å². The molecule has 12 nitrogen and oxygen atoms in total. The number of H-pyrrole nitrogens is 1. The number of methoxy groups -OCH3 is 2. The molecule has 1 aromatic carbocycles. The highest BCUT2D eigenvalue weighted by molar-refractivity contribution is 5.99. The van der Waals surface area contributed by atoms with E-state index in [9.17, 15) is 45.5 Å². The van der Waals surface area contributed by atoms with Gasteiger partial charge in [0.2, 0.25) is 11.8 Å². The first kappa shape index (κ1) is 47.3. The summed E-state index contributed by atoms with van der Waals surface area (Å²) in [5.74, 6) is 7.53. The molecule has 2 N–H and O–H groups in total. The quantitative estimate of drug-likeness (QED) is 0.154. The minimum absolute atomic E-state index is 0.0305. The number of carbonyl (C=O) groups excluding carboxylic acids is 4. The van der Waals surface area contributed by atoms with Crippen LogP contribution in [0, 0.1) is 53.3 Å². The van der Waals surface area contributed by atoms with Gasteiger partial charge in [-0.15, -0.1) is 0 Å². The fraction of sp³-hybridized carbons (Fsp3) is 0.545. The van der Waals surface area contributed by atoms with Gasteiger partial charge in [-0.25, -0.2) is 14.8 Å². The lowest BCUT2D eigenvalue weighted by molar-refractivity contribution is -0.148. The monoisotopic (exact) mass is 872 g/mol. The molecule has 0 saturated carbocycles. The molecule has 3 amide bonds. The summed E-state index contributed by atoms with van der Waals surface area (Å²) in [5.41, 5.74) is -2.50. The Morgan fingerprint density at radius 2 is 1.37 bits per heavy atom. The van der Waals surface area contributed by atoms with Gasteiger partial charge in [-0.05, 0) is 66.7 Å². The molecular weight excluding hydrogens is 823 g/mol. The molecule has 2 saturated heterocycles. The van der Waals surface area contributed by atoms with E-state index in [1.807, 2.05) is 13.8 Å². The summed E-state index contributed by atoms with van der Waals surface area (Å²) in [6, 6.07) is 3.27. The van der Waals surface area contributed by atoms with Crippen molar-refractivity contribution in [1.29, 1.82) is 0 Å². The van der Waals surface area contributed by atoms with Crippen LogP contribution in [0.3, 0.4) is 0 Å². The van der Waals surface area contributed by atoms with E-state index in [0.29, 0.717) is 24.9 Å². The van der Waals surface area contributed by atoms with Crippen LogP contribution in [0.2, 0.25) is 0 Å². The van der Waals surface area contributed by atoms with Crippen molar-refractivity contribution in [1.82, 2.24) is 25.1 Å². The summed E-state index contributed by atoms with van der Waals surface area (Å²) < 4.78 is 95.1. The topological polar surface area (TPSA) is 146 Å². The van der Waals surface area contributed by atoms with E-state index in [4.69, 9.17) is 4.74 Å². The number of ether oxygens (including phenoxy) is 2. The maximum Gasteiger partial charge on any atom is 0.436 e. The number of aromatic amines is 1. The first-order valence-corrected chi connectivity index (χ1v) is 20.2. The smallest absolute Gasteiger partial charge is 0.436 e. The van der Waals surface area contributed by atoms with E-state index < -0.39 is 71.5 Å². The third kappa shape index (κ3) is 11.0. The number of imidazole rings is 1. The maximum atomic E-state index is 14.3. The van der Waals surface area contributed by atoms with Gasteiger partial charge in [-0.2, -0.15) is 26.3 Å². The molecule has 2 fully saturated rings. The molecule has 1 aromatic heterocycles. The van der Waals surface area contributed by atoms with Crippen LogP contribution >= 0.6 is 0 Å². The second kappa shape index (κ2) is 19.1. The van der Waals surface area contributed by atoms with Crippen molar-refractivity contribution in [3.63, 3.8) is 0 Å². The number of likely N-dealkylation sites (tertiary alicyclic amines) is 2. The number of hydrogen-bond donors (Lipinski definition) is 2. The summed E-state index contributed by atoms with van der Waals surface area (Å²) >= 11 is 0. The number of rotatable bonds is 9. The minimum atomic E-state index is -4.90. The fourth-order valence-corrected chi connectivity index (χ4v) is 7.93. The molecule has 0 bridgehead atoms. The summed E-state index contributed by atoms with van der Waals surface area (Å²) in [4.78, 5) is 64.9. The predicted octanol–water partition coefficient (Wildman–Crippen LogP) is 7.20. The second-order valence-corrected chi connectivity index (χ2v) is 16.7. The summed E-state index contributed by atoms with van der Waals surface area (Å²) in [6.07, 6.45) is -10.3. The number of benzene rings is 1. The molecule has 3 aliphatic rings. The van der Waals surface area contributed by atoms with Gasteiger partial charge in [0.05, 0.1) is 38.6 Å². The Hall–Kier alpha value is -5.78. The molecular formula is C44H50F6N6O6. The third-order valence-electron chi connectivity index (χ3n) is 11.1. The van der Waals surface area contributed by atoms with Crippen molar-refractivity contribution < 1.29 is 55.0 Å². The average Bonchev–Trinajstić information content (AvgIpc) is 4.01. The molecule has 0 aliphatic carbocycles. The number of nitrogens with one attached hydrogen (secondary N) is 2. The van der Waals surface area contributed by atoms with Crippen LogP contribution in [0.4, 0.5) is 31.1 Å². The van der Waals surface area contributed by atoms with Crippen LogP contribution in [0.5, 0.6) is 0 Å². The number of amides is 3. The third-order valence-corrected chi connectivity index (χ3v) is 11.1. The largest absolute Gasteiger partial charge is 0.469 e. The molecule has 334 valence electrons. The maximum absolute atomic E-state index is 14.3. The Morgan fingerprint density at radius 1 is 0.806 bits per heavy atom. The Morgan fingerprint density at radius 3 is 1.89 bits per heavy atom. The average molecular weight is 873 g/mol. The van der Waals surface area contributed by atoms with Crippen LogP contribution in [0.1, 0.15) is 102 Å². The van der Waals surface area contributed by atoms with E-state index in [2.05, 4.69) is 48.7 Å². The SMILES string of the molecule is COC(=O)C[C@H](C(=O)N1C[C@@H](C)C[C@H]1C1=NC(C(F)(F)F)=C(C#Cc2ccc(C#Cc3[nH]c([C@@H]4C[C@H](C)CN4C(=O)[C@@H](NC(=O)OC)C(C)C)nc3C(F)(F)F)cc2)C1)C(C)C. The molecule has 62 heavy (non-hydrogen) atoms. The van der Waals surface area contributed by atoms with Crippen molar-refractivity contribution in [2.45, 2.75) is 97.7 Å². The number of alkyl halides is 6. The lowest BCUT2D eigenvalue weighted by Crippen LogP contribution is -2.51. The van der Waals surface area contributed by atoms with Crippen LogP contribution in [0.25, 0.3) is 0 Å². The van der Waals surface area contributed by atoms with Crippen LogP contribution < -0.4 is 5.32 Å². The van der Waals surface area contributed by atoms with E-state index in [1.165, 1.54) is 41.2 Å². The highest BCUT2D eigenvalue weighted by Gasteiger charge is 2.46. The zero-order valence-electron chi connectivity index (χ0n) is 35.7. The van der Waals surface area contributed by atoms with Gasteiger partial charge in [0, 0.05) is 41.9 Å². The van der Waals surface area contributed by atoms with Gasteiger partial charge >= 0.3 is 24.4 Å². The van der Waals surface area contributed by atoms with Gasteiger partial charge in [-0.1, -0.05) is 59.3 Å². The number of hydrogen-bond acceptors (Lipinski definition) is 8. The molecule has 2 aromatic rings. The number of allylic oxidation sites excluding steroid dienone is 2. The molecule has 0 unspecified atom stereocenters. The van der Waals surface area contributed by atoms with Crippen LogP contribution in [-0.4, -0.2) is 94.9 Å². The molecule has 0 radical (unpaired) electrons. The van der Waals surface area contributed by atoms with Gasteiger partial charge < -0.3 is 29.6 Å². The highest BCUT2D eigenvalue weighted by atomic mass is 19.4. The summed E-state index contributed by atoms with van der Waals surface area (Å²) in [7, 11) is 2.37. The molecule has 5 rings (SSSR count). The zero-order valence-corrected chi connectivity index (χ0v) is 35.7. The predicted molar refractivity (Wildman–Crippen MR) is 215 cm³/mol. The van der Waals surface area contributed by atoms with Gasteiger partial charge in [0.1, 0.15) is 17.6 Å². The minimum Gasteiger partial charge on any atom is -0.469 e. The Labute approximate surface area is 356 Å². The molecule has 18 heteroatoms. The first-order valence-electron chi connectivity index (χ1n) is 20.2. The molecule has 4 heterocycles. The van der Waals surface area contributed by atoms with Crippen LogP contribution in [0.15, 0.2) is 40.5 Å². The van der Waals surface area contributed by atoms with Crippen molar-refractivity contribution in [2.24, 2.45) is 34.6 Å². The van der Waals surface area contributed by atoms with Gasteiger partial charge in [0.15, 0.2) is 11.4 Å². The van der Waals surface area contributed by atoms with Crippen molar-refractivity contribution in [3.05, 3.63) is 63.9 Å². The van der Waals surface area contributed by atoms with Crippen molar-refractivity contribution >= 4 is 29.6 Å². The number of nitrogens with zero attached hydrogens (tertiary/aromatic N) is 4. The molecule has 0 spiro atoms. The summed E-state index contributed by atoms with van der Waals surface area (Å²) in [6.45, 7) is 11.3. The number of esters is 1.